The van der Waals surface area contributed by atoms with Gasteiger partial charge < -0.3 is 9.88 Å². The number of Topliss-reactive ketones (excluding diaryl/α,β-unsaturated/α-hetero) is 1. The molecule has 2 bridgehead atoms. The first-order valence-corrected chi connectivity index (χ1v) is 8.89. The molecule has 130 valence electrons. The molecule has 1 N–H and O–H groups in total. The van der Waals surface area contributed by atoms with Crippen molar-refractivity contribution < 1.29 is 9.59 Å². The molecule has 0 unspecified atom stereocenters. The summed E-state index contributed by atoms with van der Waals surface area (Å²) in [5.41, 5.74) is 0.387. The van der Waals surface area contributed by atoms with Crippen molar-refractivity contribution in [3.05, 3.63) is 48.8 Å². The summed E-state index contributed by atoms with van der Waals surface area (Å²) in [7, 11) is 0. The Labute approximate surface area is 148 Å². The Kier molecular flexibility index (Phi) is 3.27. The maximum Gasteiger partial charge on any atom is 0.231 e. The van der Waals surface area contributed by atoms with Gasteiger partial charge in [-0.1, -0.05) is 32.9 Å². The summed E-state index contributed by atoms with van der Waals surface area (Å²) in [4.78, 5) is 26.0. The number of anilines is 1. The summed E-state index contributed by atoms with van der Waals surface area (Å²) in [5.74, 6) is 0.212. The van der Waals surface area contributed by atoms with Gasteiger partial charge in [0, 0.05) is 24.2 Å². The molecule has 2 saturated carbocycles. The van der Waals surface area contributed by atoms with Crippen LogP contribution in [0.3, 0.4) is 0 Å². The van der Waals surface area contributed by atoms with E-state index in [0.29, 0.717) is 6.42 Å². The summed E-state index contributed by atoms with van der Waals surface area (Å²) < 4.78 is 1.98. The third kappa shape index (κ3) is 1.94. The molecular formula is C21H24N2O2. The van der Waals surface area contributed by atoms with E-state index in [2.05, 4.69) is 19.2 Å². The van der Waals surface area contributed by atoms with E-state index in [0.717, 1.165) is 24.2 Å². The van der Waals surface area contributed by atoms with Gasteiger partial charge >= 0.3 is 0 Å². The van der Waals surface area contributed by atoms with Crippen molar-refractivity contribution in [2.24, 2.45) is 16.2 Å². The van der Waals surface area contributed by atoms with Crippen molar-refractivity contribution in [1.82, 2.24) is 4.57 Å². The lowest BCUT2D eigenvalue weighted by Crippen LogP contribution is -2.43. The van der Waals surface area contributed by atoms with Crippen LogP contribution in [0.15, 0.2) is 48.8 Å². The second kappa shape index (κ2) is 5.07. The van der Waals surface area contributed by atoms with E-state index in [9.17, 15) is 9.59 Å². The first kappa shape index (κ1) is 16.1. The molecule has 1 heterocycles. The van der Waals surface area contributed by atoms with E-state index < -0.39 is 5.41 Å². The Morgan fingerprint density at radius 1 is 1.04 bits per heavy atom. The Morgan fingerprint density at radius 3 is 2.32 bits per heavy atom. The number of ketones is 1. The van der Waals surface area contributed by atoms with Crippen LogP contribution in [-0.2, 0) is 9.59 Å². The molecular weight excluding hydrogens is 312 g/mol. The van der Waals surface area contributed by atoms with Gasteiger partial charge in [-0.15, -0.1) is 0 Å². The van der Waals surface area contributed by atoms with Crippen LogP contribution in [0, 0.1) is 16.2 Å². The first-order valence-electron chi connectivity index (χ1n) is 8.89. The van der Waals surface area contributed by atoms with Crippen molar-refractivity contribution in [2.75, 3.05) is 5.32 Å². The second-order valence-corrected chi connectivity index (χ2v) is 8.20. The number of para-hydroxylation sites is 2. The van der Waals surface area contributed by atoms with E-state index in [1.807, 2.05) is 60.3 Å². The molecule has 1 aromatic heterocycles. The number of aromatic nitrogens is 1. The average molecular weight is 336 g/mol. The maximum absolute atomic E-state index is 13.3. The van der Waals surface area contributed by atoms with Crippen molar-refractivity contribution in [2.45, 2.75) is 40.0 Å². The molecule has 2 atom stereocenters. The highest BCUT2D eigenvalue weighted by molar-refractivity contribution is 6.05. The van der Waals surface area contributed by atoms with Crippen molar-refractivity contribution in [1.29, 1.82) is 0 Å². The summed E-state index contributed by atoms with van der Waals surface area (Å²) in [5, 5.41) is 3.14. The lowest BCUT2D eigenvalue weighted by molar-refractivity contribution is -0.131. The fourth-order valence-corrected chi connectivity index (χ4v) is 4.90. The number of rotatable bonds is 3. The predicted molar refractivity (Wildman–Crippen MR) is 97.6 cm³/mol. The second-order valence-electron chi connectivity index (χ2n) is 8.20. The number of carbonyl (C=O) groups is 2. The molecule has 0 aliphatic heterocycles. The maximum atomic E-state index is 13.3. The van der Waals surface area contributed by atoms with Crippen LogP contribution in [0.4, 0.5) is 5.69 Å². The van der Waals surface area contributed by atoms with Gasteiger partial charge in [-0.25, -0.2) is 0 Å². The molecule has 1 amide bonds. The number of benzene rings is 1. The highest BCUT2D eigenvalue weighted by Crippen LogP contribution is 2.70. The van der Waals surface area contributed by atoms with Gasteiger partial charge in [0.2, 0.25) is 5.91 Å². The third-order valence-corrected chi connectivity index (χ3v) is 7.17. The van der Waals surface area contributed by atoms with Gasteiger partial charge in [-0.05, 0) is 42.5 Å². The fourth-order valence-electron chi connectivity index (χ4n) is 4.90. The number of amides is 1. The normalized spacial score (nSPS) is 29.8. The SMILES string of the molecule is CC1(C)[C@]2(C(=O)Nc3ccccc3-n3cccc3)CC[C@]1(C)C(=O)C2. The van der Waals surface area contributed by atoms with Gasteiger partial charge in [0.15, 0.2) is 0 Å². The molecule has 2 aromatic rings. The first-order chi connectivity index (χ1) is 11.8. The monoisotopic (exact) mass is 336 g/mol. The van der Waals surface area contributed by atoms with Gasteiger partial charge in [-0.3, -0.25) is 9.59 Å². The Balaban J connectivity index is 1.70. The minimum atomic E-state index is -0.608. The molecule has 0 radical (unpaired) electrons. The summed E-state index contributed by atoms with van der Waals surface area (Å²) >= 11 is 0. The number of hydrogen-bond acceptors (Lipinski definition) is 2. The van der Waals surface area contributed by atoms with Crippen LogP contribution in [0.2, 0.25) is 0 Å². The topological polar surface area (TPSA) is 51.1 Å². The lowest BCUT2D eigenvalue weighted by Gasteiger charge is -2.38. The minimum absolute atomic E-state index is 0.0216. The zero-order valence-electron chi connectivity index (χ0n) is 15.0. The van der Waals surface area contributed by atoms with Crippen molar-refractivity contribution in [3.63, 3.8) is 0 Å². The molecule has 4 nitrogen and oxygen atoms in total. The number of carbonyl (C=O) groups excluding carboxylic acids is 2. The van der Waals surface area contributed by atoms with Crippen LogP contribution in [0.25, 0.3) is 5.69 Å². The van der Waals surface area contributed by atoms with Crippen LogP contribution >= 0.6 is 0 Å². The number of fused-ring (bicyclic) bond motifs is 2. The van der Waals surface area contributed by atoms with Gasteiger partial charge in [0.05, 0.1) is 16.8 Å². The Bertz CT molecular complexity index is 853. The summed E-state index contributed by atoms with van der Waals surface area (Å²) in [6.07, 6.45) is 5.84. The Hall–Kier alpha value is -2.36. The molecule has 1 aromatic carbocycles. The van der Waals surface area contributed by atoms with Gasteiger partial charge in [0.1, 0.15) is 5.78 Å². The summed E-state index contributed by atoms with van der Waals surface area (Å²) in [6.45, 7) is 6.20. The van der Waals surface area contributed by atoms with E-state index >= 15 is 0 Å². The van der Waals surface area contributed by atoms with E-state index in [-0.39, 0.29) is 22.5 Å². The predicted octanol–water partition coefficient (Wildman–Crippen LogP) is 4.20. The highest BCUT2D eigenvalue weighted by atomic mass is 16.2. The third-order valence-electron chi connectivity index (χ3n) is 7.17. The molecule has 0 saturated heterocycles. The fraction of sp³-hybridized carbons (Fsp3) is 0.429. The standard InChI is InChI=1S/C21H24N2O2/c1-19(2)20(3)10-11-21(19,14-17(20)24)18(25)22-15-8-4-5-9-16(15)23-12-6-7-13-23/h4-9,12-13H,10-11,14H2,1-3H3,(H,22,25)/t20-,21-/m1/s1. The molecule has 25 heavy (non-hydrogen) atoms. The Morgan fingerprint density at radius 2 is 1.72 bits per heavy atom. The zero-order valence-corrected chi connectivity index (χ0v) is 15.0. The number of nitrogens with zero attached hydrogens (tertiary/aromatic N) is 1. The van der Waals surface area contributed by atoms with Crippen molar-refractivity contribution in [3.8, 4) is 5.69 Å². The lowest BCUT2D eigenvalue weighted by atomic mass is 9.64. The molecule has 0 spiro atoms. The van der Waals surface area contributed by atoms with Crippen LogP contribution < -0.4 is 5.32 Å². The van der Waals surface area contributed by atoms with Crippen molar-refractivity contribution >= 4 is 17.4 Å². The average Bonchev–Trinajstić information content (AvgIpc) is 3.21. The van der Waals surface area contributed by atoms with Gasteiger partial charge in [0.25, 0.3) is 0 Å². The smallest absolute Gasteiger partial charge is 0.231 e. The van der Waals surface area contributed by atoms with E-state index in [1.54, 1.807) is 0 Å². The number of hydrogen-bond donors (Lipinski definition) is 1. The van der Waals surface area contributed by atoms with E-state index in [1.165, 1.54) is 0 Å². The molecule has 4 rings (SSSR count). The summed E-state index contributed by atoms with van der Waals surface area (Å²) in [6, 6.07) is 11.7. The zero-order chi connectivity index (χ0) is 17.9. The molecule has 4 heteroatoms. The van der Waals surface area contributed by atoms with Crippen LogP contribution in [-0.4, -0.2) is 16.3 Å². The quantitative estimate of drug-likeness (QED) is 0.913. The van der Waals surface area contributed by atoms with Crippen LogP contribution in [0.5, 0.6) is 0 Å². The molecule has 2 aliphatic rings. The van der Waals surface area contributed by atoms with E-state index in [4.69, 9.17) is 0 Å². The molecule has 2 aliphatic carbocycles. The molecule has 2 fully saturated rings. The number of nitrogens with one attached hydrogen (secondary N) is 1. The minimum Gasteiger partial charge on any atom is -0.324 e. The van der Waals surface area contributed by atoms with Crippen LogP contribution in [0.1, 0.15) is 40.0 Å². The highest BCUT2D eigenvalue weighted by Gasteiger charge is 2.72. The van der Waals surface area contributed by atoms with Gasteiger partial charge in [-0.2, -0.15) is 0 Å². The largest absolute Gasteiger partial charge is 0.324 e.